The Morgan fingerprint density at radius 2 is 1.83 bits per heavy atom. The van der Waals surface area contributed by atoms with Gasteiger partial charge in [0.15, 0.2) is 0 Å². The van der Waals surface area contributed by atoms with Gasteiger partial charge in [-0.15, -0.1) is 35.0 Å². The van der Waals surface area contributed by atoms with Gasteiger partial charge in [0.2, 0.25) is 0 Å². The molecule has 1 aliphatic heterocycles. The Labute approximate surface area is 188 Å². The standard InChI is InChI=1S/C24H15N4O.Pt/c1-2-7-23-22(6-1)26-24-21-15-20(9-8-17(21)10-12-28(23)24)29-19-5-3-4-18(14-19)27-13-11-25-16-27;/h1-9,11,13H,10,12H2;/q-3;. The SMILES string of the molecule is [Pt].[c-]1c(Oc2[c-]c3c(cc2)CCn2c-3nc3ccccc32)cccc1-n1[c-]ncc1. The summed E-state index contributed by atoms with van der Waals surface area (Å²) in [6, 6.07) is 24.7. The van der Waals surface area contributed by atoms with Crippen LogP contribution in [0.2, 0.25) is 0 Å². The average molecular weight is 570 g/mol. The summed E-state index contributed by atoms with van der Waals surface area (Å²) in [7, 11) is 0. The predicted octanol–water partition coefficient (Wildman–Crippen LogP) is 4.64. The van der Waals surface area contributed by atoms with Gasteiger partial charge < -0.3 is 18.9 Å². The molecule has 6 rings (SSSR count). The van der Waals surface area contributed by atoms with Crippen molar-refractivity contribution in [3.05, 3.63) is 91.0 Å². The molecule has 0 unspecified atom stereocenters. The molecule has 0 saturated heterocycles. The van der Waals surface area contributed by atoms with Crippen molar-refractivity contribution in [2.24, 2.45) is 0 Å². The van der Waals surface area contributed by atoms with E-state index in [9.17, 15) is 0 Å². The number of hydrogen-bond donors (Lipinski definition) is 0. The zero-order chi connectivity index (χ0) is 19.2. The number of rotatable bonds is 3. The summed E-state index contributed by atoms with van der Waals surface area (Å²) in [6.07, 6.45) is 7.34. The van der Waals surface area contributed by atoms with E-state index < -0.39 is 0 Å². The van der Waals surface area contributed by atoms with Crippen LogP contribution in [-0.2, 0) is 34.0 Å². The van der Waals surface area contributed by atoms with E-state index in [1.54, 1.807) is 10.8 Å². The normalized spacial score (nSPS) is 12.1. The minimum Gasteiger partial charge on any atom is -0.504 e. The van der Waals surface area contributed by atoms with Gasteiger partial charge in [-0.2, -0.15) is 18.2 Å². The number of imidazole rings is 2. The summed E-state index contributed by atoms with van der Waals surface area (Å²) >= 11 is 0. The van der Waals surface area contributed by atoms with Crippen LogP contribution in [-0.4, -0.2) is 19.1 Å². The molecule has 0 radical (unpaired) electrons. The quantitative estimate of drug-likeness (QED) is 0.297. The fourth-order valence-corrected chi connectivity index (χ4v) is 3.81. The molecule has 5 nitrogen and oxygen atoms in total. The summed E-state index contributed by atoms with van der Waals surface area (Å²) in [5.74, 6) is 2.21. The molecule has 30 heavy (non-hydrogen) atoms. The van der Waals surface area contributed by atoms with E-state index in [-0.39, 0.29) is 21.1 Å². The summed E-state index contributed by atoms with van der Waals surface area (Å²) in [5.41, 5.74) is 5.23. The molecule has 1 aliphatic rings. The van der Waals surface area contributed by atoms with Crippen molar-refractivity contribution in [3.63, 3.8) is 0 Å². The molecule has 0 N–H and O–H groups in total. The maximum atomic E-state index is 6.08. The third kappa shape index (κ3) is 3.16. The van der Waals surface area contributed by atoms with Crippen LogP contribution >= 0.6 is 0 Å². The molecule has 0 fully saturated rings. The van der Waals surface area contributed by atoms with Crippen molar-refractivity contribution in [1.29, 1.82) is 0 Å². The van der Waals surface area contributed by atoms with Crippen molar-refractivity contribution in [2.75, 3.05) is 0 Å². The Morgan fingerprint density at radius 1 is 0.933 bits per heavy atom. The molecule has 0 atom stereocenters. The largest absolute Gasteiger partial charge is 0.504 e. The number of para-hydroxylation sites is 2. The summed E-state index contributed by atoms with van der Waals surface area (Å²) in [5, 5.41) is 0. The minimum absolute atomic E-state index is 0. The number of aryl methyl sites for hydroxylation is 2. The van der Waals surface area contributed by atoms with Gasteiger partial charge in [-0.25, -0.2) is 0 Å². The maximum Gasteiger partial charge on any atom is 0.0770 e. The molecule has 150 valence electrons. The van der Waals surface area contributed by atoms with Gasteiger partial charge in [0.05, 0.1) is 16.9 Å². The van der Waals surface area contributed by atoms with Crippen LogP contribution in [0.4, 0.5) is 0 Å². The van der Waals surface area contributed by atoms with Gasteiger partial charge >= 0.3 is 0 Å². The number of fused-ring (bicyclic) bond motifs is 5. The second-order valence-electron chi connectivity index (χ2n) is 6.95. The predicted molar refractivity (Wildman–Crippen MR) is 109 cm³/mol. The fraction of sp³-hybridized carbons (Fsp3) is 0.0833. The number of hydrogen-bond acceptors (Lipinski definition) is 3. The maximum absolute atomic E-state index is 6.08. The van der Waals surface area contributed by atoms with E-state index in [1.165, 1.54) is 5.56 Å². The van der Waals surface area contributed by atoms with Crippen molar-refractivity contribution < 1.29 is 25.8 Å². The van der Waals surface area contributed by atoms with Crippen LogP contribution in [0.15, 0.2) is 67.0 Å². The fourth-order valence-electron chi connectivity index (χ4n) is 3.81. The second kappa shape index (κ2) is 7.58. The first-order valence-electron chi connectivity index (χ1n) is 9.48. The van der Waals surface area contributed by atoms with Crippen LogP contribution in [0.25, 0.3) is 28.1 Å². The monoisotopic (exact) mass is 570 g/mol. The summed E-state index contributed by atoms with van der Waals surface area (Å²) in [4.78, 5) is 8.81. The number of ether oxygens (including phenoxy) is 1. The minimum atomic E-state index is 0. The molecule has 0 spiro atoms. The zero-order valence-corrected chi connectivity index (χ0v) is 18.1. The first kappa shape index (κ1) is 18.8. The first-order chi connectivity index (χ1) is 14.3. The van der Waals surface area contributed by atoms with E-state index in [4.69, 9.17) is 9.72 Å². The number of benzene rings is 3. The first-order valence-corrected chi connectivity index (χ1v) is 9.48. The van der Waals surface area contributed by atoms with Crippen LogP contribution in [0.3, 0.4) is 0 Å². The van der Waals surface area contributed by atoms with E-state index >= 15 is 0 Å². The molecule has 2 aromatic heterocycles. The number of nitrogens with zero attached hydrogens (tertiary/aromatic N) is 4. The molecule has 6 heteroatoms. The van der Waals surface area contributed by atoms with E-state index in [2.05, 4.69) is 46.2 Å². The van der Waals surface area contributed by atoms with Crippen LogP contribution < -0.4 is 4.74 Å². The van der Waals surface area contributed by atoms with Gasteiger partial charge in [0.25, 0.3) is 0 Å². The Kier molecular flexibility index (Phi) is 4.76. The third-order valence-electron chi connectivity index (χ3n) is 5.18. The zero-order valence-electron chi connectivity index (χ0n) is 15.8. The Bertz CT molecular complexity index is 1340. The summed E-state index contributed by atoms with van der Waals surface area (Å²) < 4.78 is 10.1. The smallest absolute Gasteiger partial charge is 0.0770 e. The van der Waals surface area contributed by atoms with Gasteiger partial charge in [-0.05, 0) is 18.6 Å². The van der Waals surface area contributed by atoms with Crippen molar-refractivity contribution in [1.82, 2.24) is 19.1 Å². The van der Waals surface area contributed by atoms with Gasteiger partial charge in [0.1, 0.15) is 0 Å². The molecule has 0 amide bonds. The molecule has 5 aromatic rings. The van der Waals surface area contributed by atoms with E-state index in [0.29, 0.717) is 11.5 Å². The van der Waals surface area contributed by atoms with Crippen molar-refractivity contribution in [3.8, 4) is 28.6 Å². The average Bonchev–Trinajstić information content (AvgIpc) is 3.42. The third-order valence-corrected chi connectivity index (χ3v) is 5.18. The van der Waals surface area contributed by atoms with Gasteiger partial charge in [-0.3, -0.25) is 4.98 Å². The Balaban J connectivity index is 0.00000193. The van der Waals surface area contributed by atoms with E-state index in [1.807, 2.05) is 42.6 Å². The van der Waals surface area contributed by atoms with E-state index in [0.717, 1.165) is 41.1 Å². The molecule has 0 saturated carbocycles. The molecular weight excluding hydrogens is 555 g/mol. The van der Waals surface area contributed by atoms with Crippen LogP contribution in [0, 0.1) is 18.5 Å². The topological polar surface area (TPSA) is 44.9 Å². The van der Waals surface area contributed by atoms with Crippen molar-refractivity contribution in [2.45, 2.75) is 13.0 Å². The molecule has 0 bridgehead atoms. The van der Waals surface area contributed by atoms with Crippen LogP contribution in [0.1, 0.15) is 5.56 Å². The molecule has 0 aliphatic carbocycles. The van der Waals surface area contributed by atoms with Crippen molar-refractivity contribution >= 4 is 11.0 Å². The molecule has 3 aromatic carbocycles. The van der Waals surface area contributed by atoms with Crippen LogP contribution in [0.5, 0.6) is 11.5 Å². The summed E-state index contributed by atoms with van der Waals surface area (Å²) in [6.45, 7) is 0.925. The van der Waals surface area contributed by atoms with Gasteiger partial charge in [0, 0.05) is 45.4 Å². The molecule has 3 heterocycles. The van der Waals surface area contributed by atoms with Gasteiger partial charge in [-0.1, -0.05) is 30.6 Å². The second-order valence-corrected chi connectivity index (χ2v) is 6.95. The number of aromatic nitrogens is 4. The molecular formula is C24H15N4OPt-3. The Morgan fingerprint density at radius 3 is 2.73 bits per heavy atom. The Hall–Kier alpha value is -3.17.